The van der Waals surface area contributed by atoms with E-state index in [0.717, 1.165) is 5.17 Å². The Morgan fingerprint density at radius 1 is 1.16 bits per heavy atom. The second-order valence-electron chi connectivity index (χ2n) is 5.93. The third-order valence-corrected chi connectivity index (χ3v) is 5.38. The number of rotatable bonds is 1. The van der Waals surface area contributed by atoms with Gasteiger partial charge in [-0.05, 0) is 43.9 Å². The van der Waals surface area contributed by atoms with Crippen molar-refractivity contribution in [3.8, 4) is 0 Å². The van der Waals surface area contributed by atoms with Crippen LogP contribution in [0.15, 0.2) is 23.2 Å². The van der Waals surface area contributed by atoms with E-state index in [2.05, 4.69) is 37.4 Å². The summed E-state index contributed by atoms with van der Waals surface area (Å²) in [5, 5.41) is 4.66. The van der Waals surface area contributed by atoms with Crippen LogP contribution in [0.3, 0.4) is 0 Å². The van der Waals surface area contributed by atoms with E-state index in [1.165, 1.54) is 54.7 Å². The zero-order chi connectivity index (χ0) is 13.3. The molecule has 0 saturated heterocycles. The Morgan fingerprint density at radius 2 is 1.95 bits per heavy atom. The van der Waals surface area contributed by atoms with Crippen molar-refractivity contribution in [3.05, 3.63) is 29.3 Å². The molecule has 1 aliphatic heterocycles. The first-order valence-electron chi connectivity index (χ1n) is 7.24. The molecule has 1 aliphatic carbocycles. The first-order chi connectivity index (χ1) is 9.17. The molecular formula is C16H22N2S. The molecule has 102 valence electrons. The van der Waals surface area contributed by atoms with Gasteiger partial charge in [0.2, 0.25) is 0 Å². The average Bonchev–Trinajstić information content (AvgIpc) is 2.78. The van der Waals surface area contributed by atoms with E-state index < -0.39 is 0 Å². The van der Waals surface area contributed by atoms with Crippen molar-refractivity contribution in [2.24, 2.45) is 4.99 Å². The Morgan fingerprint density at radius 3 is 2.74 bits per heavy atom. The highest BCUT2D eigenvalue weighted by Crippen LogP contribution is 2.40. The van der Waals surface area contributed by atoms with Gasteiger partial charge in [-0.25, -0.2) is 0 Å². The molecule has 0 radical (unpaired) electrons. The molecule has 19 heavy (non-hydrogen) atoms. The number of anilines is 1. The van der Waals surface area contributed by atoms with Gasteiger partial charge in [0.25, 0.3) is 0 Å². The molecule has 0 unspecified atom stereocenters. The van der Waals surface area contributed by atoms with E-state index in [0.29, 0.717) is 0 Å². The van der Waals surface area contributed by atoms with Crippen LogP contribution in [0.2, 0.25) is 0 Å². The van der Waals surface area contributed by atoms with Crippen LogP contribution in [0.5, 0.6) is 0 Å². The molecule has 1 heterocycles. The number of aryl methyl sites for hydroxylation is 2. The van der Waals surface area contributed by atoms with Crippen LogP contribution in [-0.4, -0.2) is 16.5 Å². The summed E-state index contributed by atoms with van der Waals surface area (Å²) in [7, 11) is 0. The zero-order valence-corrected chi connectivity index (χ0v) is 12.6. The Labute approximate surface area is 120 Å². The smallest absolute Gasteiger partial charge is 0.161 e. The molecule has 1 aromatic carbocycles. The summed E-state index contributed by atoms with van der Waals surface area (Å²) in [6.07, 6.45) is 6.64. The fraction of sp³-hybridized carbons (Fsp3) is 0.562. The quantitative estimate of drug-likeness (QED) is 0.814. The fourth-order valence-electron chi connectivity index (χ4n) is 3.00. The van der Waals surface area contributed by atoms with Gasteiger partial charge < -0.3 is 5.32 Å². The molecule has 0 bridgehead atoms. The van der Waals surface area contributed by atoms with E-state index in [4.69, 9.17) is 4.99 Å². The van der Waals surface area contributed by atoms with Gasteiger partial charge >= 0.3 is 0 Å². The first-order valence-corrected chi connectivity index (χ1v) is 8.22. The summed E-state index contributed by atoms with van der Waals surface area (Å²) in [4.78, 5) is 5.01. The van der Waals surface area contributed by atoms with Crippen molar-refractivity contribution in [3.63, 3.8) is 0 Å². The summed E-state index contributed by atoms with van der Waals surface area (Å²) in [6.45, 7) is 4.29. The third kappa shape index (κ3) is 2.81. The minimum atomic E-state index is 0.253. The first kappa shape index (κ1) is 13.0. The molecule has 2 nitrogen and oxygen atoms in total. The minimum Gasteiger partial charge on any atom is -0.335 e. The normalized spacial score (nSPS) is 21.5. The Balaban J connectivity index is 1.77. The number of hydrogen-bond donors (Lipinski definition) is 1. The molecule has 1 aromatic rings. The lowest BCUT2D eigenvalue weighted by Gasteiger charge is -2.29. The topological polar surface area (TPSA) is 24.4 Å². The van der Waals surface area contributed by atoms with Crippen molar-refractivity contribution < 1.29 is 0 Å². The number of thioether (sulfide) groups is 1. The van der Waals surface area contributed by atoms with Gasteiger partial charge in [-0.15, -0.1) is 0 Å². The van der Waals surface area contributed by atoms with E-state index in [1.54, 1.807) is 0 Å². The van der Waals surface area contributed by atoms with Crippen molar-refractivity contribution in [2.75, 3.05) is 11.1 Å². The van der Waals surface area contributed by atoms with Crippen molar-refractivity contribution in [1.82, 2.24) is 0 Å². The third-order valence-electron chi connectivity index (χ3n) is 4.24. The van der Waals surface area contributed by atoms with Gasteiger partial charge in [-0.3, -0.25) is 4.99 Å². The summed E-state index contributed by atoms with van der Waals surface area (Å²) in [6, 6.07) is 6.55. The number of benzene rings is 1. The summed E-state index contributed by atoms with van der Waals surface area (Å²) < 4.78 is 0. The lowest BCUT2D eigenvalue weighted by atomic mass is 9.84. The molecule has 1 spiro atoms. The maximum Gasteiger partial charge on any atom is 0.161 e. The highest BCUT2D eigenvalue weighted by atomic mass is 32.2. The van der Waals surface area contributed by atoms with Gasteiger partial charge in [0.1, 0.15) is 0 Å². The lowest BCUT2D eigenvalue weighted by Crippen LogP contribution is -2.29. The standard InChI is InChI=1S/C16H22N2S/c1-12-6-7-13(2)14(10-12)17-15-18-16(11-19-15)8-4-3-5-9-16/h6-7,10H,3-5,8-9,11H2,1-2H3,(H,17,18). The van der Waals surface area contributed by atoms with E-state index in [1.807, 2.05) is 11.8 Å². The number of hydrogen-bond acceptors (Lipinski definition) is 3. The molecule has 3 rings (SSSR count). The number of nitrogens with zero attached hydrogens (tertiary/aromatic N) is 1. The van der Waals surface area contributed by atoms with Crippen molar-refractivity contribution in [1.29, 1.82) is 0 Å². The average molecular weight is 274 g/mol. The Kier molecular flexibility index (Phi) is 3.57. The molecule has 0 atom stereocenters. The molecule has 1 fully saturated rings. The molecule has 1 N–H and O–H groups in total. The highest BCUT2D eigenvalue weighted by molar-refractivity contribution is 8.14. The van der Waals surface area contributed by atoms with Gasteiger partial charge in [0.15, 0.2) is 5.17 Å². The van der Waals surface area contributed by atoms with Crippen LogP contribution in [0.4, 0.5) is 5.69 Å². The SMILES string of the molecule is Cc1ccc(C)c(NC2=NC3(CCCCC3)CS2)c1. The minimum absolute atomic E-state index is 0.253. The van der Waals surface area contributed by atoms with Crippen LogP contribution in [-0.2, 0) is 0 Å². The second-order valence-corrected chi connectivity index (χ2v) is 6.90. The summed E-state index contributed by atoms with van der Waals surface area (Å²) >= 11 is 1.90. The van der Waals surface area contributed by atoms with Crippen LogP contribution in [0, 0.1) is 13.8 Å². The Hall–Kier alpha value is -0.960. The monoisotopic (exact) mass is 274 g/mol. The van der Waals surface area contributed by atoms with Gasteiger partial charge in [0.05, 0.1) is 5.54 Å². The maximum absolute atomic E-state index is 5.01. The fourth-order valence-corrected chi connectivity index (χ4v) is 4.20. The van der Waals surface area contributed by atoms with Crippen LogP contribution >= 0.6 is 11.8 Å². The van der Waals surface area contributed by atoms with Crippen molar-refractivity contribution >= 4 is 22.6 Å². The van der Waals surface area contributed by atoms with Crippen molar-refractivity contribution in [2.45, 2.75) is 51.5 Å². The zero-order valence-electron chi connectivity index (χ0n) is 11.8. The van der Waals surface area contributed by atoms with Crippen LogP contribution in [0.25, 0.3) is 0 Å². The molecule has 3 heteroatoms. The molecule has 1 saturated carbocycles. The van der Waals surface area contributed by atoms with Crippen LogP contribution < -0.4 is 5.32 Å². The van der Waals surface area contributed by atoms with Crippen LogP contribution in [0.1, 0.15) is 43.2 Å². The highest BCUT2D eigenvalue weighted by Gasteiger charge is 2.36. The second kappa shape index (κ2) is 5.20. The predicted octanol–water partition coefficient (Wildman–Crippen LogP) is 4.52. The predicted molar refractivity (Wildman–Crippen MR) is 85.2 cm³/mol. The lowest BCUT2D eigenvalue weighted by molar-refractivity contribution is 0.335. The van der Waals surface area contributed by atoms with Gasteiger partial charge in [0, 0.05) is 11.4 Å². The number of amidine groups is 1. The van der Waals surface area contributed by atoms with Gasteiger partial charge in [-0.1, -0.05) is 43.2 Å². The largest absolute Gasteiger partial charge is 0.335 e. The van der Waals surface area contributed by atoms with Gasteiger partial charge in [-0.2, -0.15) is 0 Å². The number of nitrogens with one attached hydrogen (secondary N) is 1. The van der Waals surface area contributed by atoms with E-state index in [-0.39, 0.29) is 5.54 Å². The summed E-state index contributed by atoms with van der Waals surface area (Å²) in [5.74, 6) is 1.17. The molecule has 2 aliphatic rings. The number of aliphatic imine (C=N–C) groups is 1. The van der Waals surface area contributed by atoms with E-state index in [9.17, 15) is 0 Å². The van der Waals surface area contributed by atoms with E-state index >= 15 is 0 Å². The maximum atomic E-state index is 5.01. The molecular weight excluding hydrogens is 252 g/mol. The Bertz CT molecular complexity index is 501. The molecule has 0 aromatic heterocycles. The molecule has 0 amide bonds. The summed E-state index contributed by atoms with van der Waals surface area (Å²) in [5.41, 5.74) is 4.05.